The number of nitrogens with one attached hydrogen (secondary N) is 1. The van der Waals surface area contributed by atoms with Gasteiger partial charge in [0.2, 0.25) is 0 Å². The summed E-state index contributed by atoms with van der Waals surface area (Å²) in [5.74, 6) is -0.0369. The Labute approximate surface area is 112 Å². The lowest BCUT2D eigenvalue weighted by Gasteiger charge is -2.11. The van der Waals surface area contributed by atoms with Gasteiger partial charge in [0.1, 0.15) is 5.15 Å². The van der Waals surface area contributed by atoms with E-state index >= 15 is 0 Å². The molecule has 1 atom stereocenters. The number of carbonyl (C=O) groups excluding carboxylic acids is 1. The van der Waals surface area contributed by atoms with Crippen LogP contribution in [0.1, 0.15) is 49.2 Å². The summed E-state index contributed by atoms with van der Waals surface area (Å²) in [5.41, 5.74) is 1.26. The molecule has 1 unspecified atom stereocenters. The van der Waals surface area contributed by atoms with Gasteiger partial charge in [-0.3, -0.25) is 4.79 Å². The standard InChI is InChI=1S/C13H19ClN2O2/c1-4-10(17)7-15-13(18)9-5-11(8(2)3)16-12(14)6-9/h5-6,8,10,17H,4,7H2,1-3H3,(H,15,18). The summed E-state index contributed by atoms with van der Waals surface area (Å²) in [6.07, 6.45) is 0.0880. The molecule has 0 saturated heterocycles. The number of hydrogen-bond donors (Lipinski definition) is 2. The van der Waals surface area contributed by atoms with Gasteiger partial charge in [-0.25, -0.2) is 4.98 Å². The van der Waals surface area contributed by atoms with Gasteiger partial charge in [-0.15, -0.1) is 0 Å². The van der Waals surface area contributed by atoms with E-state index in [4.69, 9.17) is 11.6 Å². The topological polar surface area (TPSA) is 62.2 Å². The van der Waals surface area contributed by atoms with Crippen molar-refractivity contribution in [3.05, 3.63) is 28.5 Å². The van der Waals surface area contributed by atoms with E-state index in [-0.39, 0.29) is 18.4 Å². The molecule has 0 aliphatic rings. The lowest BCUT2D eigenvalue weighted by atomic mass is 10.1. The van der Waals surface area contributed by atoms with Gasteiger partial charge in [-0.2, -0.15) is 0 Å². The molecule has 1 aromatic rings. The van der Waals surface area contributed by atoms with Crippen LogP contribution >= 0.6 is 11.6 Å². The predicted molar refractivity (Wildman–Crippen MR) is 72.0 cm³/mol. The quantitative estimate of drug-likeness (QED) is 0.808. The van der Waals surface area contributed by atoms with Crippen LogP contribution in [0.3, 0.4) is 0 Å². The average molecular weight is 271 g/mol. The molecule has 1 rings (SSSR count). The Bertz CT molecular complexity index is 421. The van der Waals surface area contributed by atoms with Crippen molar-refractivity contribution in [2.24, 2.45) is 0 Å². The number of rotatable bonds is 5. The van der Waals surface area contributed by atoms with E-state index in [1.807, 2.05) is 20.8 Å². The molecule has 1 heterocycles. The molecule has 0 radical (unpaired) electrons. The number of halogens is 1. The molecule has 5 heteroatoms. The zero-order valence-electron chi connectivity index (χ0n) is 10.9. The highest BCUT2D eigenvalue weighted by Crippen LogP contribution is 2.17. The summed E-state index contributed by atoms with van der Waals surface area (Å²) >= 11 is 5.89. The molecule has 18 heavy (non-hydrogen) atoms. The first kappa shape index (κ1) is 14.9. The monoisotopic (exact) mass is 270 g/mol. The van der Waals surface area contributed by atoms with Gasteiger partial charge >= 0.3 is 0 Å². The number of aliphatic hydroxyl groups excluding tert-OH is 1. The van der Waals surface area contributed by atoms with E-state index in [1.54, 1.807) is 6.07 Å². The molecular formula is C13H19ClN2O2. The van der Waals surface area contributed by atoms with Crippen molar-refractivity contribution in [2.75, 3.05) is 6.54 Å². The second kappa shape index (κ2) is 6.71. The van der Waals surface area contributed by atoms with Crippen molar-refractivity contribution >= 4 is 17.5 Å². The minimum Gasteiger partial charge on any atom is -0.391 e. The van der Waals surface area contributed by atoms with E-state index in [1.165, 1.54) is 6.07 Å². The highest BCUT2D eigenvalue weighted by Gasteiger charge is 2.12. The Hall–Kier alpha value is -1.13. The van der Waals surface area contributed by atoms with Gasteiger partial charge in [0.15, 0.2) is 0 Å². The summed E-state index contributed by atoms with van der Waals surface area (Å²) < 4.78 is 0. The molecule has 0 bridgehead atoms. The summed E-state index contributed by atoms with van der Waals surface area (Å²) in [5, 5.41) is 12.4. The van der Waals surface area contributed by atoms with Gasteiger partial charge < -0.3 is 10.4 Å². The van der Waals surface area contributed by atoms with Gasteiger partial charge in [0.05, 0.1) is 6.10 Å². The zero-order chi connectivity index (χ0) is 13.7. The molecule has 0 aliphatic carbocycles. The van der Waals surface area contributed by atoms with Crippen LogP contribution in [0.4, 0.5) is 0 Å². The summed E-state index contributed by atoms with van der Waals surface area (Å²) in [6, 6.07) is 3.26. The SMILES string of the molecule is CCC(O)CNC(=O)c1cc(Cl)nc(C(C)C)c1. The van der Waals surface area contributed by atoms with Crippen molar-refractivity contribution in [2.45, 2.75) is 39.2 Å². The van der Waals surface area contributed by atoms with Crippen molar-refractivity contribution in [1.82, 2.24) is 10.3 Å². The van der Waals surface area contributed by atoms with Gasteiger partial charge in [-0.05, 0) is 24.5 Å². The maximum Gasteiger partial charge on any atom is 0.251 e. The van der Waals surface area contributed by atoms with Crippen LogP contribution in [0, 0.1) is 0 Å². The predicted octanol–water partition coefficient (Wildman–Crippen LogP) is 2.36. The molecule has 2 N–H and O–H groups in total. The molecule has 0 aliphatic heterocycles. The molecule has 0 fully saturated rings. The van der Waals surface area contributed by atoms with Crippen LogP contribution in [-0.2, 0) is 0 Å². The molecule has 0 aromatic carbocycles. The van der Waals surface area contributed by atoms with Gasteiger partial charge in [-0.1, -0.05) is 32.4 Å². The fourth-order valence-corrected chi connectivity index (χ4v) is 1.62. The van der Waals surface area contributed by atoms with Crippen molar-refractivity contribution in [3.63, 3.8) is 0 Å². The van der Waals surface area contributed by atoms with Crippen LogP contribution in [0.15, 0.2) is 12.1 Å². The Balaban J connectivity index is 2.79. The maximum absolute atomic E-state index is 11.9. The molecule has 100 valence electrons. The lowest BCUT2D eigenvalue weighted by Crippen LogP contribution is -2.31. The number of carbonyl (C=O) groups is 1. The van der Waals surface area contributed by atoms with Crippen LogP contribution in [0.2, 0.25) is 5.15 Å². The molecule has 0 saturated carbocycles. The Morgan fingerprint density at radius 2 is 2.17 bits per heavy atom. The Morgan fingerprint density at radius 3 is 2.72 bits per heavy atom. The van der Waals surface area contributed by atoms with Gasteiger partial charge in [0.25, 0.3) is 5.91 Å². The lowest BCUT2D eigenvalue weighted by molar-refractivity contribution is 0.0913. The summed E-state index contributed by atoms with van der Waals surface area (Å²) in [6.45, 7) is 6.08. The Kier molecular flexibility index (Phi) is 5.56. The highest BCUT2D eigenvalue weighted by molar-refractivity contribution is 6.29. The second-order valence-electron chi connectivity index (χ2n) is 4.53. The van der Waals surface area contributed by atoms with Crippen molar-refractivity contribution < 1.29 is 9.90 Å². The van der Waals surface area contributed by atoms with E-state index in [2.05, 4.69) is 10.3 Å². The number of aromatic nitrogens is 1. The number of aliphatic hydroxyl groups is 1. The Morgan fingerprint density at radius 1 is 1.50 bits per heavy atom. The van der Waals surface area contributed by atoms with Crippen LogP contribution < -0.4 is 5.32 Å². The van der Waals surface area contributed by atoms with E-state index < -0.39 is 6.10 Å². The van der Waals surface area contributed by atoms with Crippen molar-refractivity contribution in [1.29, 1.82) is 0 Å². The van der Waals surface area contributed by atoms with E-state index in [9.17, 15) is 9.90 Å². The first-order valence-electron chi connectivity index (χ1n) is 6.07. The van der Waals surface area contributed by atoms with E-state index in [0.717, 1.165) is 5.69 Å². The summed E-state index contributed by atoms with van der Waals surface area (Å²) in [7, 11) is 0. The summed E-state index contributed by atoms with van der Waals surface area (Å²) in [4.78, 5) is 16.0. The molecule has 0 spiro atoms. The average Bonchev–Trinajstić information content (AvgIpc) is 2.34. The fourth-order valence-electron chi connectivity index (χ4n) is 1.40. The first-order chi connectivity index (χ1) is 8.43. The molecule has 4 nitrogen and oxygen atoms in total. The minimum absolute atomic E-state index is 0.205. The molecular weight excluding hydrogens is 252 g/mol. The molecule has 1 amide bonds. The largest absolute Gasteiger partial charge is 0.391 e. The number of nitrogens with zero attached hydrogens (tertiary/aromatic N) is 1. The van der Waals surface area contributed by atoms with E-state index in [0.29, 0.717) is 17.1 Å². The minimum atomic E-state index is -0.518. The van der Waals surface area contributed by atoms with Crippen molar-refractivity contribution in [3.8, 4) is 0 Å². The normalized spacial score (nSPS) is 12.6. The van der Waals surface area contributed by atoms with Crippen LogP contribution in [-0.4, -0.2) is 28.6 Å². The smallest absolute Gasteiger partial charge is 0.251 e. The first-order valence-corrected chi connectivity index (χ1v) is 6.45. The third-order valence-corrected chi connectivity index (χ3v) is 2.83. The third kappa shape index (κ3) is 4.27. The number of hydrogen-bond acceptors (Lipinski definition) is 3. The maximum atomic E-state index is 11.9. The number of pyridine rings is 1. The third-order valence-electron chi connectivity index (χ3n) is 2.64. The van der Waals surface area contributed by atoms with Crippen LogP contribution in [0.5, 0.6) is 0 Å². The van der Waals surface area contributed by atoms with Gasteiger partial charge in [0, 0.05) is 17.8 Å². The highest BCUT2D eigenvalue weighted by atomic mass is 35.5. The zero-order valence-corrected chi connectivity index (χ0v) is 11.7. The number of amides is 1. The molecule has 1 aromatic heterocycles. The second-order valence-corrected chi connectivity index (χ2v) is 4.92. The van der Waals surface area contributed by atoms with Crippen LogP contribution in [0.25, 0.3) is 0 Å². The fraction of sp³-hybridized carbons (Fsp3) is 0.538.